The van der Waals surface area contributed by atoms with Crippen molar-refractivity contribution >= 4 is 41.5 Å². The van der Waals surface area contributed by atoms with E-state index in [1.54, 1.807) is 6.07 Å². The summed E-state index contributed by atoms with van der Waals surface area (Å²) >= 11 is 5.95. The van der Waals surface area contributed by atoms with Gasteiger partial charge in [0.25, 0.3) is 0 Å². The molecule has 0 saturated heterocycles. The zero-order valence-corrected chi connectivity index (χ0v) is 14.5. The highest BCUT2D eigenvalue weighted by Gasteiger charge is 2.14. The summed E-state index contributed by atoms with van der Waals surface area (Å²) in [7, 11) is 1.99. The van der Waals surface area contributed by atoms with E-state index in [2.05, 4.69) is 20.4 Å². The van der Waals surface area contributed by atoms with Crippen molar-refractivity contribution < 1.29 is 4.52 Å². The average Bonchev–Trinajstić information content (AvgIpc) is 3.05. The second kappa shape index (κ2) is 7.08. The maximum Gasteiger partial charge on any atom is 0.246 e. The van der Waals surface area contributed by atoms with Gasteiger partial charge in [-0.3, -0.25) is 4.99 Å². The molecular weight excluding hydrogens is 405 g/mol. The molecule has 1 N–H and O–H groups in total. The van der Waals surface area contributed by atoms with Gasteiger partial charge in [-0.2, -0.15) is 4.98 Å². The van der Waals surface area contributed by atoms with E-state index in [1.807, 2.05) is 30.1 Å². The first-order valence-corrected chi connectivity index (χ1v) is 6.68. The number of hydrogen-bond acceptors (Lipinski definition) is 6. The predicted molar refractivity (Wildman–Crippen MR) is 91.9 cm³/mol. The Labute approximate surface area is 144 Å². The molecule has 0 saturated carbocycles. The van der Waals surface area contributed by atoms with Crippen molar-refractivity contribution in [3.63, 3.8) is 0 Å². The fourth-order valence-electron chi connectivity index (χ4n) is 1.95. The van der Waals surface area contributed by atoms with Gasteiger partial charge in [0.15, 0.2) is 5.96 Å². The lowest BCUT2D eigenvalue weighted by Gasteiger charge is -2.13. The van der Waals surface area contributed by atoms with E-state index >= 15 is 0 Å². The Balaban J connectivity index is 0.00000161. The monoisotopic (exact) mass is 419 g/mol. The van der Waals surface area contributed by atoms with Crippen molar-refractivity contribution in [3.8, 4) is 11.4 Å². The number of benzene rings is 1. The molecule has 0 radical (unpaired) electrons. The van der Waals surface area contributed by atoms with Gasteiger partial charge in [0.05, 0.1) is 13.1 Å². The Morgan fingerprint density at radius 3 is 3.00 bits per heavy atom. The topological polar surface area (TPSA) is 66.5 Å². The summed E-state index contributed by atoms with van der Waals surface area (Å²) in [6, 6.07) is 7.36. The number of nitrogens with one attached hydrogen (secondary N) is 1. The van der Waals surface area contributed by atoms with Crippen LogP contribution in [-0.4, -0.2) is 41.1 Å². The number of aromatic nitrogens is 2. The van der Waals surface area contributed by atoms with Gasteiger partial charge >= 0.3 is 0 Å². The van der Waals surface area contributed by atoms with Crippen LogP contribution in [0.5, 0.6) is 0 Å². The third kappa shape index (κ3) is 3.85. The predicted octanol–water partition coefficient (Wildman–Crippen LogP) is 2.40. The maximum absolute atomic E-state index is 5.95. The molecule has 0 atom stereocenters. The van der Waals surface area contributed by atoms with Gasteiger partial charge in [0.2, 0.25) is 11.7 Å². The molecule has 1 aromatic carbocycles. The van der Waals surface area contributed by atoms with E-state index in [9.17, 15) is 0 Å². The average molecular weight is 420 g/mol. The van der Waals surface area contributed by atoms with E-state index in [1.165, 1.54) is 0 Å². The van der Waals surface area contributed by atoms with Crippen molar-refractivity contribution in [3.05, 3.63) is 35.2 Å². The number of halogens is 2. The number of rotatable bonds is 3. The number of guanidine groups is 1. The molecule has 8 heteroatoms. The molecule has 1 aliphatic rings. The highest BCUT2D eigenvalue weighted by Crippen LogP contribution is 2.19. The van der Waals surface area contributed by atoms with Gasteiger partial charge in [-0.25, -0.2) is 0 Å². The van der Waals surface area contributed by atoms with Crippen molar-refractivity contribution in [1.82, 2.24) is 20.4 Å². The highest BCUT2D eigenvalue weighted by atomic mass is 127. The fraction of sp³-hybridized carbons (Fsp3) is 0.308. The molecule has 112 valence electrons. The molecule has 6 nitrogen and oxygen atoms in total. The van der Waals surface area contributed by atoms with Crippen LogP contribution in [0.3, 0.4) is 0 Å². The van der Waals surface area contributed by atoms with Gasteiger partial charge in [-0.05, 0) is 12.1 Å². The minimum absolute atomic E-state index is 0. The van der Waals surface area contributed by atoms with Crippen molar-refractivity contribution in [2.45, 2.75) is 6.54 Å². The SMILES string of the molecule is CN1CCN=C1NCc1nc(-c2cccc(Cl)c2)no1.I. The van der Waals surface area contributed by atoms with Crippen molar-refractivity contribution in [2.75, 3.05) is 20.1 Å². The molecule has 0 unspecified atom stereocenters. The third-order valence-electron chi connectivity index (χ3n) is 3.01. The minimum atomic E-state index is 0. The summed E-state index contributed by atoms with van der Waals surface area (Å²) < 4.78 is 5.21. The Hall–Kier alpha value is -1.35. The lowest BCUT2D eigenvalue weighted by molar-refractivity contribution is 0.373. The van der Waals surface area contributed by atoms with Gasteiger partial charge < -0.3 is 14.7 Å². The number of hydrogen-bond donors (Lipinski definition) is 1. The highest BCUT2D eigenvalue weighted by molar-refractivity contribution is 14.0. The van der Waals surface area contributed by atoms with E-state index in [-0.39, 0.29) is 24.0 Å². The molecule has 0 aliphatic carbocycles. The standard InChI is InChI=1S/C13H14ClN5O.HI/c1-19-6-5-15-13(19)16-8-11-17-12(18-20-11)9-3-2-4-10(14)7-9;/h2-4,7H,5-6,8H2,1H3,(H,15,16);1H. The quantitative estimate of drug-likeness (QED) is 0.774. The summed E-state index contributed by atoms with van der Waals surface area (Å²) in [6.45, 7) is 2.20. The summed E-state index contributed by atoms with van der Waals surface area (Å²) in [5, 5.41) is 7.78. The second-order valence-corrected chi connectivity index (χ2v) is 4.94. The molecule has 3 rings (SSSR count). The first-order valence-electron chi connectivity index (χ1n) is 6.30. The van der Waals surface area contributed by atoms with E-state index in [4.69, 9.17) is 16.1 Å². The van der Waals surface area contributed by atoms with E-state index in [0.717, 1.165) is 24.6 Å². The molecule has 0 bridgehead atoms. The molecule has 0 fully saturated rings. The smallest absolute Gasteiger partial charge is 0.246 e. The zero-order valence-electron chi connectivity index (χ0n) is 11.4. The Bertz CT molecular complexity index is 645. The molecule has 1 aliphatic heterocycles. The Kier molecular flexibility index (Phi) is 5.40. The van der Waals surface area contributed by atoms with Gasteiger partial charge in [-0.1, -0.05) is 28.9 Å². The van der Waals surface area contributed by atoms with Crippen LogP contribution >= 0.6 is 35.6 Å². The van der Waals surface area contributed by atoms with Gasteiger partial charge in [0.1, 0.15) is 0 Å². The summed E-state index contributed by atoms with van der Waals surface area (Å²) in [5.41, 5.74) is 0.836. The van der Waals surface area contributed by atoms with Gasteiger partial charge in [-0.15, -0.1) is 24.0 Å². The van der Waals surface area contributed by atoms with Crippen LogP contribution in [0, 0.1) is 0 Å². The fourth-order valence-corrected chi connectivity index (χ4v) is 2.14. The Morgan fingerprint density at radius 2 is 2.29 bits per heavy atom. The van der Waals surface area contributed by atoms with Crippen molar-refractivity contribution in [2.24, 2.45) is 4.99 Å². The van der Waals surface area contributed by atoms with Crippen LogP contribution in [0.2, 0.25) is 5.02 Å². The van der Waals surface area contributed by atoms with Crippen LogP contribution in [-0.2, 0) is 6.54 Å². The molecular formula is C13H15ClIN5O. The number of likely N-dealkylation sites (N-methyl/N-ethyl adjacent to an activating group) is 1. The second-order valence-electron chi connectivity index (χ2n) is 4.50. The number of nitrogens with zero attached hydrogens (tertiary/aromatic N) is 4. The van der Waals surface area contributed by atoms with E-state index < -0.39 is 0 Å². The molecule has 1 aromatic heterocycles. The van der Waals surface area contributed by atoms with Crippen molar-refractivity contribution in [1.29, 1.82) is 0 Å². The summed E-state index contributed by atoms with van der Waals surface area (Å²) in [4.78, 5) is 10.7. The lowest BCUT2D eigenvalue weighted by Crippen LogP contribution is -2.35. The normalized spacial score (nSPS) is 13.8. The van der Waals surface area contributed by atoms with Crippen LogP contribution in [0.15, 0.2) is 33.8 Å². The molecule has 2 heterocycles. The first kappa shape index (κ1) is 16.0. The summed E-state index contributed by atoms with van der Waals surface area (Å²) in [6.07, 6.45) is 0. The van der Waals surface area contributed by atoms with Crippen LogP contribution in [0.25, 0.3) is 11.4 Å². The van der Waals surface area contributed by atoms with Crippen LogP contribution in [0.1, 0.15) is 5.89 Å². The van der Waals surface area contributed by atoms with Crippen LogP contribution < -0.4 is 5.32 Å². The number of aliphatic imine (C=N–C) groups is 1. The molecule has 2 aromatic rings. The molecule has 0 amide bonds. The zero-order chi connectivity index (χ0) is 13.9. The minimum Gasteiger partial charge on any atom is -0.347 e. The molecule has 21 heavy (non-hydrogen) atoms. The Morgan fingerprint density at radius 1 is 1.43 bits per heavy atom. The summed E-state index contributed by atoms with van der Waals surface area (Å²) in [5.74, 6) is 1.90. The molecule has 0 spiro atoms. The maximum atomic E-state index is 5.95. The largest absolute Gasteiger partial charge is 0.347 e. The van der Waals surface area contributed by atoms with Crippen LogP contribution in [0.4, 0.5) is 0 Å². The van der Waals surface area contributed by atoms with Gasteiger partial charge in [0, 0.05) is 24.2 Å². The first-order chi connectivity index (χ1) is 9.72. The van der Waals surface area contributed by atoms with E-state index in [0.29, 0.717) is 23.3 Å². The lowest BCUT2D eigenvalue weighted by atomic mass is 10.2. The third-order valence-corrected chi connectivity index (χ3v) is 3.24.